The largest absolute Gasteiger partial charge is 0.320 e. The molecule has 1 aromatic heterocycles. The fraction of sp³-hybridized carbons (Fsp3) is 0.286. The highest BCUT2D eigenvalue weighted by Crippen LogP contribution is 2.33. The summed E-state index contributed by atoms with van der Waals surface area (Å²) < 4.78 is 27.9. The molecule has 0 saturated carbocycles. The summed E-state index contributed by atoms with van der Waals surface area (Å²) in [6.07, 6.45) is 1.49. The summed E-state index contributed by atoms with van der Waals surface area (Å²) in [7, 11) is -3.68. The van der Waals surface area contributed by atoms with Crippen molar-refractivity contribution in [3.05, 3.63) is 69.1 Å². The molecular formula is C21H21ClN4O3S2. The molecule has 0 spiro atoms. The van der Waals surface area contributed by atoms with Gasteiger partial charge in [0.05, 0.1) is 4.90 Å². The number of benzene rings is 2. The van der Waals surface area contributed by atoms with Gasteiger partial charge in [0.15, 0.2) is 0 Å². The van der Waals surface area contributed by atoms with E-state index in [1.807, 2.05) is 18.2 Å². The van der Waals surface area contributed by atoms with E-state index in [0.717, 1.165) is 6.42 Å². The average molecular weight is 477 g/mol. The first-order valence-corrected chi connectivity index (χ1v) is 12.4. The van der Waals surface area contributed by atoms with Crippen molar-refractivity contribution >= 4 is 44.6 Å². The summed E-state index contributed by atoms with van der Waals surface area (Å²) in [5, 5.41) is 12.4. The third-order valence-corrected chi connectivity index (χ3v) is 8.74. The van der Waals surface area contributed by atoms with Crippen LogP contribution in [0.1, 0.15) is 39.1 Å². The molecule has 2 heterocycles. The Morgan fingerprint density at radius 2 is 1.94 bits per heavy atom. The van der Waals surface area contributed by atoms with Crippen LogP contribution in [0.3, 0.4) is 0 Å². The monoisotopic (exact) mass is 476 g/mol. The normalized spacial score (nSPS) is 17.4. The summed E-state index contributed by atoms with van der Waals surface area (Å²) in [6, 6.07) is 14.0. The number of nitrogens with zero attached hydrogens (tertiary/aromatic N) is 3. The summed E-state index contributed by atoms with van der Waals surface area (Å²) in [5.74, 6) is -0.441. The minimum Gasteiger partial charge on any atom is -0.320 e. The molecule has 3 aromatic rings. The molecule has 1 aliphatic rings. The maximum Gasteiger partial charge on any atom is 0.286 e. The van der Waals surface area contributed by atoms with Gasteiger partial charge in [0, 0.05) is 29.7 Å². The van der Waals surface area contributed by atoms with E-state index < -0.39 is 10.0 Å². The minimum absolute atomic E-state index is 0.112. The van der Waals surface area contributed by atoms with Crippen molar-refractivity contribution in [1.29, 1.82) is 0 Å². The number of carbonyl (C=O) groups excluding carboxylic acids is 1. The highest BCUT2D eigenvalue weighted by molar-refractivity contribution is 7.89. The number of sulfonamides is 1. The number of nitrogens with one attached hydrogen (secondary N) is 1. The molecule has 1 saturated heterocycles. The van der Waals surface area contributed by atoms with Gasteiger partial charge in [0.1, 0.15) is 5.01 Å². The molecule has 1 amide bonds. The number of aromatic nitrogens is 2. The second kappa shape index (κ2) is 9.04. The Morgan fingerprint density at radius 1 is 1.16 bits per heavy atom. The van der Waals surface area contributed by atoms with Gasteiger partial charge in [-0.25, -0.2) is 8.42 Å². The predicted molar refractivity (Wildman–Crippen MR) is 121 cm³/mol. The van der Waals surface area contributed by atoms with Crippen LogP contribution in [0, 0.1) is 6.92 Å². The first-order valence-electron chi connectivity index (χ1n) is 9.81. The van der Waals surface area contributed by atoms with Crippen molar-refractivity contribution in [3.63, 3.8) is 0 Å². The molecule has 10 heteroatoms. The zero-order valence-electron chi connectivity index (χ0n) is 16.8. The Balaban J connectivity index is 1.50. The molecule has 1 N–H and O–H groups in total. The van der Waals surface area contributed by atoms with Crippen molar-refractivity contribution in [1.82, 2.24) is 14.5 Å². The van der Waals surface area contributed by atoms with E-state index in [-0.39, 0.29) is 21.7 Å². The molecule has 2 aromatic carbocycles. The van der Waals surface area contributed by atoms with Crippen LogP contribution < -0.4 is 5.32 Å². The van der Waals surface area contributed by atoms with E-state index in [1.54, 1.807) is 37.3 Å². The number of amides is 1. The van der Waals surface area contributed by atoms with E-state index in [1.165, 1.54) is 15.6 Å². The van der Waals surface area contributed by atoms with Crippen molar-refractivity contribution in [2.75, 3.05) is 18.4 Å². The van der Waals surface area contributed by atoms with E-state index >= 15 is 0 Å². The molecule has 4 rings (SSSR count). The van der Waals surface area contributed by atoms with Gasteiger partial charge < -0.3 is 5.32 Å². The Bertz CT molecular complexity index is 1200. The fourth-order valence-electron chi connectivity index (χ4n) is 3.57. The van der Waals surface area contributed by atoms with Gasteiger partial charge >= 0.3 is 0 Å². The number of piperidine rings is 1. The number of carbonyl (C=O) groups is 1. The van der Waals surface area contributed by atoms with E-state index in [0.29, 0.717) is 40.8 Å². The topological polar surface area (TPSA) is 92.3 Å². The molecule has 1 atom stereocenters. The maximum absolute atomic E-state index is 13.2. The average Bonchev–Trinajstić information content (AvgIpc) is 3.27. The van der Waals surface area contributed by atoms with Crippen LogP contribution >= 0.6 is 22.9 Å². The van der Waals surface area contributed by atoms with Gasteiger partial charge in [-0.3, -0.25) is 4.79 Å². The molecule has 0 bridgehead atoms. The highest BCUT2D eigenvalue weighted by Gasteiger charge is 2.33. The summed E-state index contributed by atoms with van der Waals surface area (Å²) in [6.45, 7) is 2.44. The van der Waals surface area contributed by atoms with E-state index in [2.05, 4.69) is 15.5 Å². The number of halogens is 1. The Morgan fingerprint density at radius 3 is 2.71 bits per heavy atom. The van der Waals surface area contributed by atoms with Crippen LogP contribution in [0.15, 0.2) is 53.4 Å². The van der Waals surface area contributed by atoms with Crippen LogP contribution in [0.2, 0.25) is 5.02 Å². The molecule has 1 fully saturated rings. The molecule has 1 aliphatic heterocycles. The number of anilines is 1. The lowest BCUT2D eigenvalue weighted by Crippen LogP contribution is -2.39. The van der Waals surface area contributed by atoms with E-state index in [4.69, 9.17) is 11.6 Å². The number of hydrogen-bond donors (Lipinski definition) is 1. The minimum atomic E-state index is -3.68. The Hall–Kier alpha value is -2.33. The fourth-order valence-corrected chi connectivity index (χ4v) is 6.43. The van der Waals surface area contributed by atoms with Gasteiger partial charge in [0.25, 0.3) is 5.91 Å². The SMILES string of the molecule is Cc1c(Cl)cccc1S(=O)(=O)N1CCC[C@@H](c2nnc(C(=O)Nc3ccccc3)s2)C1. The van der Waals surface area contributed by atoms with Gasteiger partial charge in [-0.2, -0.15) is 4.31 Å². The summed E-state index contributed by atoms with van der Waals surface area (Å²) >= 11 is 7.34. The standard InChI is InChI=1S/C21H21ClN4O3S2/c1-14-17(22)10-5-11-18(14)31(28,29)26-12-6-7-15(13-26)20-24-25-21(30-20)19(27)23-16-8-3-2-4-9-16/h2-5,8-11,15H,6-7,12-13H2,1H3,(H,23,27)/t15-/m1/s1. The zero-order chi connectivity index (χ0) is 22.0. The Labute approximate surface area is 190 Å². The van der Waals surface area contributed by atoms with Gasteiger partial charge in [0.2, 0.25) is 15.0 Å². The second-order valence-electron chi connectivity index (χ2n) is 7.33. The lowest BCUT2D eigenvalue weighted by Gasteiger charge is -2.31. The summed E-state index contributed by atoms with van der Waals surface area (Å²) in [4.78, 5) is 12.7. The molecule has 162 valence electrons. The molecule has 0 unspecified atom stereocenters. The molecule has 0 aliphatic carbocycles. The van der Waals surface area contributed by atoms with Crippen LogP contribution in [-0.2, 0) is 10.0 Å². The Kier molecular flexibility index (Phi) is 6.38. The van der Waals surface area contributed by atoms with Gasteiger partial charge in [-0.15, -0.1) is 10.2 Å². The second-order valence-corrected chi connectivity index (χ2v) is 10.7. The zero-order valence-corrected chi connectivity index (χ0v) is 19.2. The van der Waals surface area contributed by atoms with Crippen molar-refractivity contribution in [3.8, 4) is 0 Å². The van der Waals surface area contributed by atoms with Gasteiger partial charge in [-0.1, -0.05) is 47.2 Å². The quantitative estimate of drug-likeness (QED) is 0.592. The molecule has 31 heavy (non-hydrogen) atoms. The lowest BCUT2D eigenvalue weighted by atomic mass is 10.0. The van der Waals surface area contributed by atoms with Crippen LogP contribution in [0.25, 0.3) is 0 Å². The lowest BCUT2D eigenvalue weighted by molar-refractivity contribution is 0.102. The first-order chi connectivity index (χ1) is 14.9. The third-order valence-electron chi connectivity index (χ3n) is 5.24. The number of rotatable bonds is 5. The summed E-state index contributed by atoms with van der Waals surface area (Å²) in [5.41, 5.74) is 1.22. The molecular weight excluding hydrogens is 456 g/mol. The molecule has 7 nitrogen and oxygen atoms in total. The van der Waals surface area contributed by atoms with Gasteiger partial charge in [-0.05, 0) is 49.6 Å². The molecule has 0 radical (unpaired) electrons. The van der Waals surface area contributed by atoms with Crippen molar-refractivity contribution < 1.29 is 13.2 Å². The highest BCUT2D eigenvalue weighted by atomic mass is 35.5. The third kappa shape index (κ3) is 4.64. The van der Waals surface area contributed by atoms with Crippen LogP contribution in [0.4, 0.5) is 5.69 Å². The maximum atomic E-state index is 13.2. The van der Waals surface area contributed by atoms with E-state index in [9.17, 15) is 13.2 Å². The number of hydrogen-bond acceptors (Lipinski definition) is 6. The van der Waals surface area contributed by atoms with Crippen LogP contribution in [-0.4, -0.2) is 41.9 Å². The van der Waals surface area contributed by atoms with Crippen LogP contribution in [0.5, 0.6) is 0 Å². The predicted octanol–water partition coefficient (Wildman–Crippen LogP) is 4.32. The van der Waals surface area contributed by atoms with Crippen molar-refractivity contribution in [2.24, 2.45) is 0 Å². The van der Waals surface area contributed by atoms with Crippen molar-refractivity contribution in [2.45, 2.75) is 30.6 Å². The smallest absolute Gasteiger partial charge is 0.286 e. The number of para-hydroxylation sites is 1. The first kappa shape index (κ1) is 21.9.